The maximum Gasteiger partial charge on any atom is 0.135 e. The highest BCUT2D eigenvalue weighted by Gasteiger charge is 2.29. The smallest absolute Gasteiger partial charge is 0.135 e. The zero-order valence-corrected chi connectivity index (χ0v) is 53.6. The third-order valence-corrected chi connectivity index (χ3v) is 19.5. The molecule has 0 amide bonds. The molecule has 0 saturated carbocycles. The summed E-state index contributed by atoms with van der Waals surface area (Å²) in [5.74, 6) is 0. The third-order valence-electron chi connectivity index (χ3n) is 18.0. The summed E-state index contributed by atoms with van der Waals surface area (Å²) in [4.78, 5) is 9.46. The summed E-state index contributed by atoms with van der Waals surface area (Å²) in [6.45, 7) is 13.6. The van der Waals surface area contributed by atoms with Crippen LogP contribution >= 0.6 is 22.9 Å². The highest BCUT2D eigenvalue weighted by atomic mass is 35.5. The van der Waals surface area contributed by atoms with E-state index in [4.69, 9.17) is 20.4 Å². The summed E-state index contributed by atoms with van der Waals surface area (Å²) in [5.41, 5.74) is 16.8. The molecule has 0 aliphatic rings. The van der Waals surface area contributed by atoms with Crippen molar-refractivity contribution in [3.63, 3.8) is 0 Å². The minimum Gasteiger partial charge on any atom is -0.456 e. The van der Waals surface area contributed by atoms with Gasteiger partial charge in [-0.3, -0.25) is 0 Å². The molecule has 16 rings (SSSR count). The molecule has 0 atom stereocenters. The molecule has 0 aliphatic carbocycles. The first-order chi connectivity index (χ1) is 44.8. The van der Waals surface area contributed by atoms with Crippen LogP contribution in [0.25, 0.3) is 74.8 Å². The van der Waals surface area contributed by atoms with Gasteiger partial charge in [-0.15, -0.1) is 11.3 Å². The van der Waals surface area contributed by atoms with Gasteiger partial charge in [0, 0.05) is 92.6 Å². The van der Waals surface area contributed by atoms with Gasteiger partial charge in [-0.25, -0.2) is 0 Å². The van der Waals surface area contributed by atoms with Crippen LogP contribution in [-0.2, 0) is 10.8 Å². The van der Waals surface area contributed by atoms with Gasteiger partial charge in [-0.2, -0.15) is 0 Å². The summed E-state index contributed by atoms with van der Waals surface area (Å²) >= 11 is 10.4. The van der Waals surface area contributed by atoms with Gasteiger partial charge in [0.1, 0.15) is 22.3 Å². The molecule has 92 heavy (non-hydrogen) atoms. The average Bonchev–Trinajstić information content (AvgIpc) is 1.90. The molecule has 0 saturated heterocycles. The lowest BCUT2D eigenvalue weighted by atomic mass is 9.87. The topological polar surface area (TPSA) is 39.2 Å². The van der Waals surface area contributed by atoms with Gasteiger partial charge in [-0.05, 0) is 167 Å². The zero-order valence-electron chi connectivity index (χ0n) is 52.0. The van der Waals surface area contributed by atoms with E-state index in [0.29, 0.717) is 5.02 Å². The van der Waals surface area contributed by atoms with Crippen molar-refractivity contribution in [1.82, 2.24) is 0 Å². The van der Waals surface area contributed by atoms with Gasteiger partial charge in [0.2, 0.25) is 0 Å². The van der Waals surface area contributed by atoms with Crippen molar-refractivity contribution in [1.29, 1.82) is 0 Å². The second kappa shape index (κ2) is 22.4. The molecule has 0 bridgehead atoms. The molecule has 0 unspecified atom stereocenters. The molecule has 8 heteroatoms. The van der Waals surface area contributed by atoms with Crippen LogP contribution in [0.4, 0.5) is 68.2 Å². The first-order valence-corrected chi connectivity index (χ1v) is 32.6. The number of fused-ring (bicyclic) bond motifs is 10. The highest BCUT2D eigenvalue weighted by Crippen LogP contribution is 2.54. The number of rotatable bonds is 12. The number of para-hydroxylation sites is 3. The fourth-order valence-corrected chi connectivity index (χ4v) is 14.7. The maximum atomic E-state index is 8.60. The Hall–Kier alpha value is -10.6. The van der Waals surface area contributed by atoms with Crippen molar-refractivity contribution in [2.75, 3.05) is 19.6 Å². The number of hydrogen-bond acceptors (Lipinski definition) is 7. The van der Waals surface area contributed by atoms with E-state index in [0.717, 1.165) is 123 Å². The Morgan fingerprint density at radius 3 is 1.26 bits per heavy atom. The Morgan fingerprint density at radius 1 is 0.272 bits per heavy atom. The van der Waals surface area contributed by atoms with Crippen LogP contribution in [0, 0.1) is 0 Å². The first kappa shape index (κ1) is 56.6. The van der Waals surface area contributed by atoms with Crippen LogP contribution < -0.4 is 19.6 Å². The number of halogens is 1. The first-order valence-electron chi connectivity index (χ1n) is 31.4. The van der Waals surface area contributed by atoms with E-state index in [1.165, 1.54) is 31.3 Å². The predicted molar refractivity (Wildman–Crippen MR) is 393 cm³/mol. The highest BCUT2D eigenvalue weighted by molar-refractivity contribution is 7.25. The Labute approximate surface area is 544 Å². The monoisotopic (exact) mass is 1230 g/mol. The van der Waals surface area contributed by atoms with Crippen LogP contribution in [0.3, 0.4) is 0 Å². The van der Waals surface area contributed by atoms with Crippen molar-refractivity contribution >= 4 is 166 Å². The van der Waals surface area contributed by atoms with Gasteiger partial charge in [0.25, 0.3) is 0 Å². The summed E-state index contributed by atoms with van der Waals surface area (Å²) in [7, 11) is 0. The van der Waals surface area contributed by atoms with E-state index in [1.54, 1.807) is 0 Å². The van der Waals surface area contributed by atoms with Crippen LogP contribution in [0.1, 0.15) is 52.7 Å². The Balaban J connectivity index is 0.979. The molecule has 3 heterocycles. The summed E-state index contributed by atoms with van der Waals surface area (Å²) in [6, 6.07) is 103. The quantitative estimate of drug-likeness (QED) is 0.121. The SMILES string of the molecule is CC(C)(C)c1ccc(N(c2cccc(N(c3ccc4oc5ccccc5c4c3)c3ccc4oc5ccccc5c4c3)c2)c2cc(N(c3ccccc3)c3cccc4ccccc34)cc(N(c3ccc(C(C)(C)C)cc3)c3ccc4c(c3)sc3ccccc34)c2Cl)cc1. The maximum absolute atomic E-state index is 8.60. The minimum absolute atomic E-state index is 0.0767. The summed E-state index contributed by atoms with van der Waals surface area (Å²) in [5, 5.41) is 9.46. The van der Waals surface area contributed by atoms with Crippen molar-refractivity contribution in [3.8, 4) is 0 Å². The van der Waals surface area contributed by atoms with E-state index >= 15 is 0 Å². The van der Waals surface area contributed by atoms with Crippen LogP contribution in [0.5, 0.6) is 0 Å². The molecule has 0 N–H and O–H groups in total. The Morgan fingerprint density at radius 2 is 0.674 bits per heavy atom. The second-order valence-electron chi connectivity index (χ2n) is 25.9. The Kier molecular flexibility index (Phi) is 13.8. The normalized spacial score (nSPS) is 12.1. The van der Waals surface area contributed by atoms with Gasteiger partial charge >= 0.3 is 0 Å². The number of thiophene rings is 1. The van der Waals surface area contributed by atoms with E-state index in [-0.39, 0.29) is 10.8 Å². The van der Waals surface area contributed by atoms with Gasteiger partial charge in [0.15, 0.2) is 0 Å². The average molecular weight is 1230 g/mol. The second-order valence-corrected chi connectivity index (χ2v) is 27.4. The number of anilines is 12. The van der Waals surface area contributed by atoms with E-state index in [9.17, 15) is 0 Å². The Bertz CT molecular complexity index is 5360. The van der Waals surface area contributed by atoms with Crippen LogP contribution in [0.15, 0.2) is 294 Å². The molecule has 0 spiro atoms. The molecular formula is C84H65ClN4O2S. The van der Waals surface area contributed by atoms with Crippen LogP contribution in [-0.4, -0.2) is 0 Å². The van der Waals surface area contributed by atoms with E-state index < -0.39 is 0 Å². The van der Waals surface area contributed by atoms with Gasteiger partial charge < -0.3 is 28.4 Å². The molecule has 446 valence electrons. The van der Waals surface area contributed by atoms with Gasteiger partial charge in [-0.1, -0.05) is 199 Å². The van der Waals surface area contributed by atoms with Crippen molar-refractivity contribution in [2.45, 2.75) is 52.4 Å². The molecule has 0 aliphatic heterocycles. The van der Waals surface area contributed by atoms with Crippen molar-refractivity contribution in [2.24, 2.45) is 0 Å². The molecule has 0 fully saturated rings. The minimum atomic E-state index is -0.107. The number of hydrogen-bond donors (Lipinski definition) is 0. The largest absolute Gasteiger partial charge is 0.456 e. The lowest BCUT2D eigenvalue weighted by Crippen LogP contribution is -2.18. The van der Waals surface area contributed by atoms with Crippen molar-refractivity contribution in [3.05, 3.63) is 301 Å². The number of benzene rings is 13. The fourth-order valence-electron chi connectivity index (χ4n) is 13.3. The summed E-state index contributed by atoms with van der Waals surface area (Å²) in [6.07, 6.45) is 0. The zero-order chi connectivity index (χ0) is 62.4. The fraction of sp³-hybridized carbons (Fsp3) is 0.0952. The number of nitrogens with zero attached hydrogens (tertiary/aromatic N) is 4. The molecule has 16 aromatic rings. The summed E-state index contributed by atoms with van der Waals surface area (Å²) < 4.78 is 15.4. The standard InChI is InChI=1S/C84H65ClN4O2S/c1-83(2,3)55-34-38-58(39-35-55)87(61-25-19-24-60(48-61)86(62-43-46-78-71(49-62)67-27-12-15-31-76(67)90-78)63-44-47-79-72(50-63)68-28-13-16-32-77(68)91-79)74-51-65(89(57-22-8-7-9-23-57)73-30-18-21-54-20-10-11-26-66(54)73)52-75(82(74)85)88(59-40-36-56(37-41-59)84(4,5)6)64-42-45-70-69-29-14-17-33-80(69)92-81(70)53-64/h7-53H,1-6H3. The molecule has 6 nitrogen and oxygen atoms in total. The molecule has 0 radical (unpaired) electrons. The van der Waals surface area contributed by atoms with Gasteiger partial charge in [0.05, 0.1) is 27.8 Å². The predicted octanol–water partition coefficient (Wildman–Crippen LogP) is 26.1. The van der Waals surface area contributed by atoms with E-state index in [1.807, 2.05) is 35.6 Å². The third kappa shape index (κ3) is 10.1. The molecule has 3 aromatic heterocycles. The lowest BCUT2D eigenvalue weighted by Gasteiger charge is -2.35. The molecular weight excluding hydrogens is 1160 g/mol. The van der Waals surface area contributed by atoms with Crippen molar-refractivity contribution < 1.29 is 8.83 Å². The van der Waals surface area contributed by atoms with E-state index in [2.05, 4.69) is 322 Å². The molecule has 13 aromatic carbocycles. The number of furan rings is 2. The lowest BCUT2D eigenvalue weighted by molar-refractivity contribution is 0.590. The van der Waals surface area contributed by atoms with Crippen LogP contribution in [0.2, 0.25) is 5.02 Å².